The Morgan fingerprint density at radius 2 is 2.00 bits per heavy atom. The van der Waals surface area contributed by atoms with Crippen molar-refractivity contribution in [3.05, 3.63) is 41.2 Å². The molecule has 0 saturated carbocycles. The summed E-state index contributed by atoms with van der Waals surface area (Å²) in [6.45, 7) is 6.55. The number of aromatic amines is 1. The first-order valence-corrected chi connectivity index (χ1v) is 9.65. The molecule has 1 aliphatic rings. The van der Waals surface area contributed by atoms with Crippen LogP contribution in [0.1, 0.15) is 42.8 Å². The molecule has 1 N–H and O–H groups in total. The Bertz CT molecular complexity index is 793. The molecule has 3 rings (SSSR count). The third-order valence-corrected chi connectivity index (χ3v) is 6.58. The predicted molar refractivity (Wildman–Crippen MR) is 91.5 cm³/mol. The first kappa shape index (κ1) is 17.0. The normalized spacial score (nSPS) is 18.9. The number of ether oxygens (including phenoxy) is 1. The third-order valence-electron chi connectivity index (χ3n) is 4.41. The van der Waals surface area contributed by atoms with Crippen LogP contribution in [0.15, 0.2) is 29.2 Å². The molecule has 0 amide bonds. The summed E-state index contributed by atoms with van der Waals surface area (Å²) < 4.78 is 33.3. The second kappa shape index (κ2) is 6.57. The molecule has 1 aromatic carbocycles. The minimum Gasteiger partial charge on any atom is -0.494 e. The van der Waals surface area contributed by atoms with E-state index in [4.69, 9.17) is 4.74 Å². The predicted octanol–water partition coefficient (Wildman–Crippen LogP) is 2.95. The molecule has 0 aliphatic carbocycles. The lowest BCUT2D eigenvalue weighted by Crippen LogP contribution is -2.31. The van der Waals surface area contributed by atoms with Gasteiger partial charge in [0, 0.05) is 6.54 Å². The Morgan fingerprint density at radius 1 is 1.29 bits per heavy atom. The van der Waals surface area contributed by atoms with Crippen LogP contribution in [0.2, 0.25) is 0 Å². The molecule has 6 nitrogen and oxygen atoms in total. The molecule has 130 valence electrons. The van der Waals surface area contributed by atoms with E-state index >= 15 is 0 Å². The van der Waals surface area contributed by atoms with Crippen molar-refractivity contribution in [2.75, 3.05) is 13.2 Å². The number of sulfonamides is 1. The fraction of sp³-hybridized carbons (Fsp3) is 0.471. The van der Waals surface area contributed by atoms with Crippen LogP contribution in [0.3, 0.4) is 0 Å². The highest BCUT2D eigenvalue weighted by Crippen LogP contribution is 2.38. The number of H-pyrrole nitrogens is 1. The van der Waals surface area contributed by atoms with E-state index in [1.807, 2.05) is 31.2 Å². The number of aromatic nitrogens is 2. The van der Waals surface area contributed by atoms with Crippen molar-refractivity contribution >= 4 is 10.0 Å². The summed E-state index contributed by atoms with van der Waals surface area (Å²) in [6.07, 6.45) is 1.68. The van der Waals surface area contributed by atoms with Gasteiger partial charge in [0.2, 0.25) is 10.0 Å². The van der Waals surface area contributed by atoms with E-state index in [9.17, 15) is 8.42 Å². The van der Waals surface area contributed by atoms with Crippen molar-refractivity contribution in [3.8, 4) is 5.75 Å². The molecule has 7 heteroatoms. The highest BCUT2D eigenvalue weighted by atomic mass is 32.2. The van der Waals surface area contributed by atoms with Gasteiger partial charge < -0.3 is 4.74 Å². The van der Waals surface area contributed by atoms with Gasteiger partial charge in [-0.3, -0.25) is 5.10 Å². The van der Waals surface area contributed by atoms with Gasteiger partial charge in [-0.25, -0.2) is 8.42 Å². The zero-order valence-electron chi connectivity index (χ0n) is 14.2. The summed E-state index contributed by atoms with van der Waals surface area (Å²) in [5.74, 6) is 0.801. The minimum atomic E-state index is -3.57. The molecule has 24 heavy (non-hydrogen) atoms. The number of hydrogen-bond acceptors (Lipinski definition) is 4. The van der Waals surface area contributed by atoms with Gasteiger partial charge in [0.25, 0.3) is 0 Å². The Balaban J connectivity index is 1.93. The number of aryl methyl sites for hydroxylation is 2. The van der Waals surface area contributed by atoms with Gasteiger partial charge in [-0.15, -0.1) is 0 Å². The van der Waals surface area contributed by atoms with Crippen molar-refractivity contribution in [1.82, 2.24) is 14.5 Å². The minimum absolute atomic E-state index is 0.139. The van der Waals surface area contributed by atoms with Gasteiger partial charge in [-0.2, -0.15) is 9.40 Å². The van der Waals surface area contributed by atoms with Gasteiger partial charge in [0.1, 0.15) is 10.6 Å². The molecular weight excluding hydrogens is 326 g/mol. The maximum atomic E-state index is 13.1. The maximum absolute atomic E-state index is 13.1. The van der Waals surface area contributed by atoms with Crippen LogP contribution >= 0.6 is 0 Å². The molecular formula is C17H23N3O3S. The molecule has 2 heterocycles. The molecule has 0 spiro atoms. The second-order valence-electron chi connectivity index (χ2n) is 6.04. The lowest BCUT2D eigenvalue weighted by atomic mass is 10.1. The Hall–Kier alpha value is -1.86. The quantitative estimate of drug-likeness (QED) is 0.900. The fourth-order valence-electron chi connectivity index (χ4n) is 3.35. The molecule has 1 atom stereocenters. The van der Waals surface area contributed by atoms with Crippen LogP contribution in [0.4, 0.5) is 0 Å². The SMILES string of the molecule is CCOc1ccc([C@H]2CCCN2S(=O)(=O)c2c(C)n[nH]c2C)cc1. The molecule has 1 aliphatic heterocycles. The summed E-state index contributed by atoms with van der Waals surface area (Å²) in [5.41, 5.74) is 2.10. The number of benzene rings is 1. The number of rotatable bonds is 5. The van der Waals surface area contributed by atoms with Crippen molar-refractivity contribution in [1.29, 1.82) is 0 Å². The van der Waals surface area contributed by atoms with Crippen LogP contribution in [0, 0.1) is 13.8 Å². The summed E-state index contributed by atoms with van der Waals surface area (Å²) in [6, 6.07) is 7.57. The number of nitrogens with zero attached hydrogens (tertiary/aromatic N) is 2. The average molecular weight is 349 g/mol. The number of hydrogen-bond donors (Lipinski definition) is 1. The van der Waals surface area contributed by atoms with E-state index in [1.54, 1.807) is 18.2 Å². The third kappa shape index (κ3) is 2.93. The van der Waals surface area contributed by atoms with E-state index in [-0.39, 0.29) is 6.04 Å². The standard InChI is InChI=1S/C17H23N3O3S/c1-4-23-15-9-7-14(8-10-15)16-6-5-11-20(16)24(21,22)17-12(2)18-19-13(17)3/h7-10,16H,4-6,11H2,1-3H3,(H,18,19)/t16-/m1/s1. The average Bonchev–Trinajstić information content (AvgIpc) is 3.16. The van der Waals surface area contributed by atoms with Gasteiger partial charge in [0.05, 0.1) is 24.0 Å². The fourth-order valence-corrected chi connectivity index (χ4v) is 5.37. The largest absolute Gasteiger partial charge is 0.494 e. The van der Waals surface area contributed by atoms with Crippen molar-refractivity contribution in [2.45, 2.75) is 44.6 Å². The Morgan fingerprint density at radius 3 is 2.58 bits per heavy atom. The first-order chi connectivity index (χ1) is 11.4. The summed E-state index contributed by atoms with van der Waals surface area (Å²) in [5, 5.41) is 6.81. The van der Waals surface area contributed by atoms with E-state index < -0.39 is 10.0 Å². The second-order valence-corrected chi connectivity index (χ2v) is 7.87. The van der Waals surface area contributed by atoms with Crippen LogP contribution in [0.5, 0.6) is 5.75 Å². The maximum Gasteiger partial charge on any atom is 0.247 e. The van der Waals surface area contributed by atoms with E-state index in [0.717, 1.165) is 24.2 Å². The van der Waals surface area contributed by atoms with Crippen LogP contribution in [-0.2, 0) is 10.0 Å². The zero-order chi connectivity index (χ0) is 17.3. The van der Waals surface area contributed by atoms with E-state index in [2.05, 4.69) is 10.2 Å². The molecule has 2 aromatic rings. The highest BCUT2D eigenvalue weighted by molar-refractivity contribution is 7.89. The van der Waals surface area contributed by atoms with E-state index in [0.29, 0.717) is 29.4 Å². The van der Waals surface area contributed by atoms with E-state index in [1.165, 1.54) is 0 Å². The monoisotopic (exact) mass is 349 g/mol. The first-order valence-electron chi connectivity index (χ1n) is 8.21. The van der Waals surface area contributed by atoms with Gasteiger partial charge in [0.15, 0.2) is 0 Å². The van der Waals surface area contributed by atoms with Gasteiger partial charge in [-0.05, 0) is 51.3 Å². The van der Waals surface area contributed by atoms with Crippen LogP contribution in [-0.4, -0.2) is 36.1 Å². The highest BCUT2D eigenvalue weighted by Gasteiger charge is 2.38. The molecule has 1 aromatic heterocycles. The number of nitrogens with one attached hydrogen (secondary N) is 1. The van der Waals surface area contributed by atoms with Crippen molar-refractivity contribution < 1.29 is 13.2 Å². The Labute approximate surface area is 142 Å². The molecule has 1 saturated heterocycles. The topological polar surface area (TPSA) is 75.3 Å². The molecule has 0 unspecified atom stereocenters. The lowest BCUT2D eigenvalue weighted by molar-refractivity contribution is 0.339. The summed E-state index contributed by atoms with van der Waals surface area (Å²) >= 11 is 0. The van der Waals surface area contributed by atoms with Gasteiger partial charge in [-0.1, -0.05) is 12.1 Å². The summed E-state index contributed by atoms with van der Waals surface area (Å²) in [4.78, 5) is 0.306. The Kier molecular flexibility index (Phi) is 4.64. The van der Waals surface area contributed by atoms with Crippen LogP contribution in [0.25, 0.3) is 0 Å². The molecule has 0 radical (unpaired) electrons. The zero-order valence-corrected chi connectivity index (χ0v) is 15.1. The lowest BCUT2D eigenvalue weighted by Gasteiger charge is -2.24. The van der Waals surface area contributed by atoms with Crippen molar-refractivity contribution in [2.24, 2.45) is 0 Å². The smallest absolute Gasteiger partial charge is 0.247 e. The van der Waals surface area contributed by atoms with Crippen molar-refractivity contribution in [3.63, 3.8) is 0 Å². The molecule has 1 fully saturated rings. The summed E-state index contributed by atoms with van der Waals surface area (Å²) in [7, 11) is -3.57. The van der Waals surface area contributed by atoms with Crippen LogP contribution < -0.4 is 4.74 Å². The molecule has 0 bridgehead atoms. The van der Waals surface area contributed by atoms with Gasteiger partial charge >= 0.3 is 0 Å².